The highest BCUT2D eigenvalue weighted by Gasteiger charge is 2.19. The van der Waals surface area contributed by atoms with Gasteiger partial charge in [0.25, 0.3) is 5.91 Å². The second-order valence-electron chi connectivity index (χ2n) is 6.49. The Bertz CT molecular complexity index is 1050. The summed E-state index contributed by atoms with van der Waals surface area (Å²) in [5.74, 6) is 0.211. The summed E-state index contributed by atoms with van der Waals surface area (Å²) in [7, 11) is -3.36. The van der Waals surface area contributed by atoms with Crippen molar-refractivity contribution >= 4 is 21.6 Å². The molecule has 0 unspecified atom stereocenters. The Morgan fingerprint density at radius 3 is 2.26 bits per heavy atom. The highest BCUT2D eigenvalue weighted by Crippen LogP contribution is 2.20. The van der Waals surface area contributed by atoms with Crippen LogP contribution in [0.5, 0.6) is 0 Å². The molecule has 3 rings (SSSR count). The largest absolute Gasteiger partial charge is 0.306 e. The van der Waals surface area contributed by atoms with Crippen LogP contribution in [-0.4, -0.2) is 29.4 Å². The van der Waals surface area contributed by atoms with Gasteiger partial charge in [-0.15, -0.1) is 0 Å². The van der Waals surface area contributed by atoms with Gasteiger partial charge in [-0.25, -0.2) is 13.1 Å². The molecule has 0 aliphatic heterocycles. The van der Waals surface area contributed by atoms with E-state index in [-0.39, 0.29) is 10.8 Å². The summed E-state index contributed by atoms with van der Waals surface area (Å²) in [5, 5.41) is 6.74. The lowest BCUT2D eigenvalue weighted by Crippen LogP contribution is -2.16. The van der Waals surface area contributed by atoms with Gasteiger partial charge in [-0.3, -0.25) is 4.79 Å². The standard InChI is InChI=1S/C20H21N3O3S/c1-14(2)27(25,26)18-11-9-16(10-12-18)20(24)21-19-13-15(3)22-23(19)17-7-5-4-6-8-17/h4-14H,1-3H3,(H,21,24). The third-order valence-electron chi connectivity index (χ3n) is 4.14. The maximum atomic E-state index is 12.6. The van der Waals surface area contributed by atoms with Crippen molar-refractivity contribution in [1.82, 2.24) is 9.78 Å². The molecule has 7 heteroatoms. The molecule has 27 heavy (non-hydrogen) atoms. The van der Waals surface area contributed by atoms with E-state index in [0.717, 1.165) is 11.4 Å². The van der Waals surface area contributed by atoms with Crippen molar-refractivity contribution < 1.29 is 13.2 Å². The van der Waals surface area contributed by atoms with Crippen LogP contribution in [0.3, 0.4) is 0 Å². The molecule has 0 fully saturated rings. The molecule has 0 aliphatic rings. The molecule has 1 amide bonds. The van der Waals surface area contributed by atoms with Gasteiger partial charge in [0.2, 0.25) is 0 Å². The van der Waals surface area contributed by atoms with Crippen LogP contribution < -0.4 is 5.32 Å². The molecule has 0 radical (unpaired) electrons. The average molecular weight is 383 g/mol. The topological polar surface area (TPSA) is 81.1 Å². The van der Waals surface area contributed by atoms with Crippen LogP contribution in [0, 0.1) is 6.92 Å². The van der Waals surface area contributed by atoms with Crippen LogP contribution in [0.1, 0.15) is 29.9 Å². The summed E-state index contributed by atoms with van der Waals surface area (Å²) in [4.78, 5) is 12.8. The minimum absolute atomic E-state index is 0.208. The average Bonchev–Trinajstić information content (AvgIpc) is 3.02. The van der Waals surface area contributed by atoms with E-state index in [2.05, 4.69) is 10.4 Å². The third kappa shape index (κ3) is 3.93. The number of sulfone groups is 1. The summed E-state index contributed by atoms with van der Waals surface area (Å²) in [6.45, 7) is 5.10. The smallest absolute Gasteiger partial charge is 0.256 e. The summed E-state index contributed by atoms with van der Waals surface area (Å²) >= 11 is 0. The lowest BCUT2D eigenvalue weighted by Gasteiger charge is -2.10. The predicted octanol–water partition coefficient (Wildman–Crippen LogP) is 3.62. The molecule has 0 saturated heterocycles. The number of nitrogens with one attached hydrogen (secondary N) is 1. The summed E-state index contributed by atoms with van der Waals surface area (Å²) in [6, 6.07) is 17.2. The Labute approximate surface area is 158 Å². The van der Waals surface area contributed by atoms with E-state index in [1.165, 1.54) is 24.3 Å². The zero-order chi connectivity index (χ0) is 19.6. The van der Waals surface area contributed by atoms with Crippen molar-refractivity contribution in [3.8, 4) is 5.69 Å². The second-order valence-corrected chi connectivity index (χ2v) is 8.99. The maximum absolute atomic E-state index is 12.6. The van der Waals surface area contributed by atoms with Gasteiger partial charge in [-0.05, 0) is 57.2 Å². The first-order valence-electron chi connectivity index (χ1n) is 8.56. The molecular formula is C20H21N3O3S. The van der Waals surface area contributed by atoms with Crippen LogP contribution >= 0.6 is 0 Å². The van der Waals surface area contributed by atoms with Crippen LogP contribution in [0.2, 0.25) is 0 Å². The van der Waals surface area contributed by atoms with Gasteiger partial charge in [-0.1, -0.05) is 18.2 Å². The van der Waals surface area contributed by atoms with E-state index >= 15 is 0 Å². The van der Waals surface area contributed by atoms with Gasteiger partial charge >= 0.3 is 0 Å². The molecule has 0 spiro atoms. The van der Waals surface area contributed by atoms with Crippen molar-refractivity contribution in [2.75, 3.05) is 5.32 Å². The van der Waals surface area contributed by atoms with Crippen LogP contribution in [-0.2, 0) is 9.84 Å². The quantitative estimate of drug-likeness (QED) is 0.730. The lowest BCUT2D eigenvalue weighted by molar-refractivity contribution is 0.102. The van der Waals surface area contributed by atoms with E-state index in [9.17, 15) is 13.2 Å². The van der Waals surface area contributed by atoms with E-state index in [1.54, 1.807) is 24.6 Å². The van der Waals surface area contributed by atoms with Gasteiger partial charge in [0.15, 0.2) is 9.84 Å². The minimum atomic E-state index is -3.36. The molecule has 140 valence electrons. The number of para-hydroxylation sites is 1. The molecule has 1 N–H and O–H groups in total. The monoisotopic (exact) mass is 383 g/mol. The zero-order valence-electron chi connectivity index (χ0n) is 15.4. The zero-order valence-corrected chi connectivity index (χ0v) is 16.2. The number of amides is 1. The normalized spacial score (nSPS) is 11.6. The third-order valence-corrected chi connectivity index (χ3v) is 6.31. The Morgan fingerprint density at radius 1 is 1.04 bits per heavy atom. The van der Waals surface area contributed by atoms with Crippen LogP contribution in [0.25, 0.3) is 5.69 Å². The minimum Gasteiger partial charge on any atom is -0.306 e. The maximum Gasteiger partial charge on any atom is 0.256 e. The van der Waals surface area contributed by atoms with E-state index in [0.29, 0.717) is 11.4 Å². The van der Waals surface area contributed by atoms with Crippen molar-refractivity contribution in [1.29, 1.82) is 0 Å². The molecule has 3 aromatic rings. The van der Waals surface area contributed by atoms with Gasteiger partial charge in [-0.2, -0.15) is 5.10 Å². The first-order chi connectivity index (χ1) is 12.8. The predicted molar refractivity (Wildman–Crippen MR) is 105 cm³/mol. The SMILES string of the molecule is Cc1cc(NC(=O)c2ccc(S(=O)(=O)C(C)C)cc2)n(-c2ccccc2)n1. The van der Waals surface area contributed by atoms with Crippen molar-refractivity contribution in [3.05, 3.63) is 71.9 Å². The molecule has 2 aromatic carbocycles. The van der Waals surface area contributed by atoms with E-state index in [4.69, 9.17) is 0 Å². The van der Waals surface area contributed by atoms with E-state index < -0.39 is 15.1 Å². The van der Waals surface area contributed by atoms with E-state index in [1.807, 2.05) is 37.3 Å². The van der Waals surface area contributed by atoms with Gasteiger partial charge in [0.1, 0.15) is 5.82 Å². The fraction of sp³-hybridized carbons (Fsp3) is 0.200. The summed E-state index contributed by atoms with van der Waals surface area (Å²) in [5.41, 5.74) is 1.97. The number of anilines is 1. The highest BCUT2D eigenvalue weighted by atomic mass is 32.2. The first-order valence-corrected chi connectivity index (χ1v) is 10.1. The highest BCUT2D eigenvalue weighted by molar-refractivity contribution is 7.92. The molecule has 6 nitrogen and oxygen atoms in total. The molecule has 0 saturated carbocycles. The van der Waals surface area contributed by atoms with Crippen LogP contribution in [0.4, 0.5) is 5.82 Å². The second kappa shape index (κ2) is 7.36. The summed E-state index contributed by atoms with van der Waals surface area (Å²) < 4.78 is 26.1. The number of aromatic nitrogens is 2. The Hall–Kier alpha value is -2.93. The number of aryl methyl sites for hydroxylation is 1. The molecule has 0 bridgehead atoms. The number of carbonyl (C=O) groups is 1. The molecule has 1 aromatic heterocycles. The van der Waals surface area contributed by atoms with Crippen molar-refractivity contribution in [2.24, 2.45) is 0 Å². The molecule has 0 aliphatic carbocycles. The van der Waals surface area contributed by atoms with Crippen LogP contribution in [0.15, 0.2) is 65.6 Å². The van der Waals surface area contributed by atoms with Gasteiger partial charge in [0, 0.05) is 11.6 Å². The Morgan fingerprint density at radius 2 is 1.67 bits per heavy atom. The number of benzene rings is 2. The lowest BCUT2D eigenvalue weighted by atomic mass is 10.2. The number of rotatable bonds is 5. The first kappa shape index (κ1) is 18.8. The molecule has 0 atom stereocenters. The molecule has 1 heterocycles. The number of nitrogens with zero attached hydrogens (tertiary/aromatic N) is 2. The van der Waals surface area contributed by atoms with Crippen molar-refractivity contribution in [2.45, 2.75) is 30.9 Å². The summed E-state index contributed by atoms with van der Waals surface area (Å²) in [6.07, 6.45) is 0. The Balaban J connectivity index is 1.85. The number of hydrogen-bond acceptors (Lipinski definition) is 4. The van der Waals surface area contributed by atoms with Gasteiger partial charge in [0.05, 0.1) is 21.5 Å². The fourth-order valence-corrected chi connectivity index (χ4v) is 3.67. The van der Waals surface area contributed by atoms with Crippen molar-refractivity contribution in [3.63, 3.8) is 0 Å². The molecular weight excluding hydrogens is 362 g/mol. The van der Waals surface area contributed by atoms with Gasteiger partial charge < -0.3 is 5.32 Å². The number of hydrogen-bond donors (Lipinski definition) is 1. The Kier molecular flexibility index (Phi) is 5.14. The number of carbonyl (C=O) groups excluding carboxylic acids is 1. The fourth-order valence-electron chi connectivity index (χ4n) is 2.61.